The maximum absolute atomic E-state index is 3.69. The van der Waals surface area contributed by atoms with Crippen LogP contribution in [-0.4, -0.2) is 12.1 Å². The summed E-state index contributed by atoms with van der Waals surface area (Å²) in [6.07, 6.45) is 7.22. The number of rotatable bonds is 0. The lowest BCUT2D eigenvalue weighted by molar-refractivity contribution is 0.0462. The van der Waals surface area contributed by atoms with Crippen molar-refractivity contribution in [3.8, 4) is 0 Å². The van der Waals surface area contributed by atoms with E-state index in [9.17, 15) is 0 Å². The normalized spacial score (nSPS) is 44.1. The highest BCUT2D eigenvalue weighted by molar-refractivity contribution is 5.07. The Morgan fingerprint density at radius 1 is 1.15 bits per heavy atom. The van der Waals surface area contributed by atoms with Crippen molar-refractivity contribution in [2.45, 2.75) is 58.4 Å². The van der Waals surface area contributed by atoms with Gasteiger partial charge in [-0.15, -0.1) is 0 Å². The minimum atomic E-state index is 0.382. The van der Waals surface area contributed by atoms with Crippen LogP contribution in [0.5, 0.6) is 0 Å². The van der Waals surface area contributed by atoms with E-state index < -0.39 is 0 Å². The SMILES string of the molecule is CC1CCCCC12CCNC2(C)C. The van der Waals surface area contributed by atoms with Crippen LogP contribution in [0.3, 0.4) is 0 Å². The molecule has 76 valence electrons. The zero-order valence-electron chi connectivity index (χ0n) is 9.32. The third kappa shape index (κ3) is 1.24. The zero-order chi connectivity index (χ0) is 9.53. The monoisotopic (exact) mass is 181 g/mol. The van der Waals surface area contributed by atoms with Crippen molar-refractivity contribution in [3.05, 3.63) is 0 Å². The van der Waals surface area contributed by atoms with Gasteiger partial charge in [-0.25, -0.2) is 0 Å². The summed E-state index contributed by atoms with van der Waals surface area (Å²) in [7, 11) is 0. The van der Waals surface area contributed by atoms with Crippen molar-refractivity contribution in [1.29, 1.82) is 0 Å². The first-order valence-corrected chi connectivity index (χ1v) is 5.83. The van der Waals surface area contributed by atoms with Crippen LogP contribution >= 0.6 is 0 Å². The molecule has 2 unspecified atom stereocenters. The van der Waals surface area contributed by atoms with Crippen LogP contribution in [0, 0.1) is 11.3 Å². The van der Waals surface area contributed by atoms with E-state index >= 15 is 0 Å². The van der Waals surface area contributed by atoms with E-state index in [1.54, 1.807) is 0 Å². The summed E-state index contributed by atoms with van der Waals surface area (Å²) >= 11 is 0. The summed E-state index contributed by atoms with van der Waals surface area (Å²) in [5, 5.41) is 3.69. The van der Waals surface area contributed by atoms with E-state index in [-0.39, 0.29) is 0 Å². The fourth-order valence-electron chi connectivity index (χ4n) is 3.80. The van der Waals surface area contributed by atoms with Crippen LogP contribution in [0.15, 0.2) is 0 Å². The lowest BCUT2D eigenvalue weighted by Gasteiger charge is -2.48. The first kappa shape index (κ1) is 9.51. The second kappa shape index (κ2) is 2.98. The molecule has 13 heavy (non-hydrogen) atoms. The van der Waals surface area contributed by atoms with E-state index in [2.05, 4.69) is 26.1 Å². The molecule has 2 atom stereocenters. The van der Waals surface area contributed by atoms with Crippen molar-refractivity contribution in [1.82, 2.24) is 5.32 Å². The summed E-state index contributed by atoms with van der Waals surface area (Å²) in [5.41, 5.74) is 0.998. The highest BCUT2D eigenvalue weighted by Crippen LogP contribution is 2.53. The summed E-state index contributed by atoms with van der Waals surface area (Å²) in [4.78, 5) is 0. The molecule has 1 nitrogen and oxygen atoms in total. The molecule has 1 heteroatoms. The molecular formula is C12H23N. The highest BCUT2D eigenvalue weighted by atomic mass is 15.0. The van der Waals surface area contributed by atoms with Crippen LogP contribution in [0.4, 0.5) is 0 Å². The fraction of sp³-hybridized carbons (Fsp3) is 1.00. The molecule has 1 heterocycles. The predicted octanol–water partition coefficient (Wildman–Crippen LogP) is 2.95. The van der Waals surface area contributed by atoms with Gasteiger partial charge in [0.1, 0.15) is 0 Å². The third-order valence-corrected chi connectivity index (χ3v) is 4.84. The molecule has 1 saturated carbocycles. The van der Waals surface area contributed by atoms with Crippen molar-refractivity contribution in [3.63, 3.8) is 0 Å². The summed E-state index contributed by atoms with van der Waals surface area (Å²) in [5.74, 6) is 0.922. The van der Waals surface area contributed by atoms with Crippen molar-refractivity contribution >= 4 is 0 Å². The number of hydrogen-bond acceptors (Lipinski definition) is 1. The Hall–Kier alpha value is -0.0400. The van der Waals surface area contributed by atoms with Gasteiger partial charge in [0, 0.05) is 5.54 Å². The van der Waals surface area contributed by atoms with Crippen LogP contribution in [0.2, 0.25) is 0 Å². The van der Waals surface area contributed by atoms with Gasteiger partial charge in [-0.1, -0.05) is 26.2 Å². The Morgan fingerprint density at radius 2 is 1.92 bits per heavy atom. The Morgan fingerprint density at radius 3 is 2.46 bits per heavy atom. The van der Waals surface area contributed by atoms with Crippen molar-refractivity contribution in [2.75, 3.05) is 6.54 Å². The third-order valence-electron chi connectivity index (χ3n) is 4.84. The van der Waals surface area contributed by atoms with E-state index in [1.807, 2.05) is 0 Å². The Labute approximate surface area is 82.3 Å². The van der Waals surface area contributed by atoms with Gasteiger partial charge < -0.3 is 5.32 Å². The van der Waals surface area contributed by atoms with Gasteiger partial charge in [-0.05, 0) is 44.6 Å². The van der Waals surface area contributed by atoms with Gasteiger partial charge in [-0.3, -0.25) is 0 Å². The summed E-state index contributed by atoms with van der Waals surface area (Å²) in [6, 6.07) is 0. The maximum atomic E-state index is 3.69. The number of hydrogen-bond donors (Lipinski definition) is 1. The molecule has 0 amide bonds. The summed E-state index contributed by atoms with van der Waals surface area (Å²) < 4.78 is 0. The quantitative estimate of drug-likeness (QED) is 0.606. The molecule has 0 aromatic rings. The molecular weight excluding hydrogens is 158 g/mol. The first-order valence-electron chi connectivity index (χ1n) is 5.83. The van der Waals surface area contributed by atoms with Crippen LogP contribution < -0.4 is 5.32 Å². The maximum Gasteiger partial charge on any atom is 0.0184 e. The van der Waals surface area contributed by atoms with Crippen LogP contribution in [0.1, 0.15) is 52.9 Å². The zero-order valence-corrected chi connectivity index (χ0v) is 9.32. The van der Waals surface area contributed by atoms with Gasteiger partial charge in [0.05, 0.1) is 0 Å². The molecule has 2 rings (SSSR count). The molecule has 0 bridgehead atoms. The van der Waals surface area contributed by atoms with Crippen molar-refractivity contribution in [2.24, 2.45) is 11.3 Å². The molecule has 1 N–H and O–H groups in total. The second-order valence-electron chi connectivity index (χ2n) is 5.60. The predicted molar refractivity (Wildman–Crippen MR) is 56.8 cm³/mol. The minimum absolute atomic E-state index is 0.382. The van der Waals surface area contributed by atoms with Gasteiger partial charge in [0.25, 0.3) is 0 Å². The number of nitrogens with one attached hydrogen (secondary N) is 1. The molecule has 0 aromatic heterocycles. The molecule has 2 aliphatic rings. The molecule has 2 fully saturated rings. The molecule has 1 aliphatic carbocycles. The molecule has 1 saturated heterocycles. The highest BCUT2D eigenvalue weighted by Gasteiger charge is 2.52. The molecule has 0 aromatic carbocycles. The van der Waals surface area contributed by atoms with Gasteiger partial charge in [-0.2, -0.15) is 0 Å². The Bertz CT molecular complexity index is 197. The standard InChI is InChI=1S/C12H23N/c1-10-6-4-5-7-12(10)8-9-13-11(12,2)3/h10,13H,4-9H2,1-3H3. The molecule has 1 aliphatic heterocycles. The summed E-state index contributed by atoms with van der Waals surface area (Å²) in [6.45, 7) is 8.51. The van der Waals surface area contributed by atoms with Gasteiger partial charge in [0.15, 0.2) is 0 Å². The Balaban J connectivity index is 2.25. The average molecular weight is 181 g/mol. The minimum Gasteiger partial charge on any atom is -0.311 e. The van der Waals surface area contributed by atoms with E-state index in [4.69, 9.17) is 0 Å². The molecule has 0 radical (unpaired) electrons. The van der Waals surface area contributed by atoms with Crippen LogP contribution in [-0.2, 0) is 0 Å². The average Bonchev–Trinajstić information content (AvgIpc) is 2.35. The van der Waals surface area contributed by atoms with Crippen molar-refractivity contribution < 1.29 is 0 Å². The first-order chi connectivity index (χ1) is 6.08. The fourth-order valence-corrected chi connectivity index (χ4v) is 3.80. The van der Waals surface area contributed by atoms with Gasteiger partial charge >= 0.3 is 0 Å². The van der Waals surface area contributed by atoms with E-state index in [0.717, 1.165) is 5.92 Å². The van der Waals surface area contributed by atoms with Crippen LogP contribution in [0.25, 0.3) is 0 Å². The lowest BCUT2D eigenvalue weighted by atomic mass is 9.58. The topological polar surface area (TPSA) is 12.0 Å². The van der Waals surface area contributed by atoms with E-state index in [0.29, 0.717) is 11.0 Å². The molecule has 1 spiro atoms. The van der Waals surface area contributed by atoms with E-state index in [1.165, 1.54) is 38.6 Å². The second-order valence-corrected chi connectivity index (χ2v) is 5.60. The lowest BCUT2D eigenvalue weighted by Crippen LogP contribution is -2.51. The van der Waals surface area contributed by atoms with Gasteiger partial charge in [0.2, 0.25) is 0 Å². The smallest absolute Gasteiger partial charge is 0.0184 e. The largest absolute Gasteiger partial charge is 0.311 e. The Kier molecular flexibility index (Phi) is 2.18.